The molecule has 0 aromatic heterocycles. The molecule has 106 valence electrons. The van der Waals surface area contributed by atoms with Crippen LogP contribution in [0.4, 0.5) is 4.39 Å². The first-order valence-corrected chi connectivity index (χ1v) is 7.89. The number of nitrogens with one attached hydrogen (secondary N) is 1. The number of aliphatic hydroxyl groups is 1. The van der Waals surface area contributed by atoms with E-state index in [1.54, 1.807) is 0 Å². The van der Waals surface area contributed by atoms with E-state index >= 15 is 0 Å². The molecular weight excluding hydrogens is 293 g/mol. The van der Waals surface area contributed by atoms with Gasteiger partial charge in [0, 0.05) is 6.54 Å². The van der Waals surface area contributed by atoms with E-state index in [2.05, 4.69) is 4.72 Å². The fourth-order valence-electron chi connectivity index (χ4n) is 2.23. The molecule has 1 aromatic carbocycles. The van der Waals surface area contributed by atoms with Crippen LogP contribution in [-0.4, -0.2) is 26.2 Å². The highest BCUT2D eigenvalue weighted by Crippen LogP contribution is 2.26. The van der Waals surface area contributed by atoms with Crippen molar-refractivity contribution < 1.29 is 17.9 Å². The molecule has 1 saturated carbocycles. The van der Waals surface area contributed by atoms with Gasteiger partial charge in [0.2, 0.25) is 10.0 Å². The van der Waals surface area contributed by atoms with Crippen molar-refractivity contribution >= 4 is 21.6 Å². The van der Waals surface area contributed by atoms with Crippen LogP contribution in [0.2, 0.25) is 5.02 Å². The summed E-state index contributed by atoms with van der Waals surface area (Å²) in [7, 11) is -3.86. The van der Waals surface area contributed by atoms with Gasteiger partial charge in [-0.3, -0.25) is 0 Å². The van der Waals surface area contributed by atoms with Crippen molar-refractivity contribution in [1.29, 1.82) is 0 Å². The first-order chi connectivity index (χ1) is 8.90. The van der Waals surface area contributed by atoms with Crippen LogP contribution < -0.4 is 4.72 Å². The fourth-order valence-corrected chi connectivity index (χ4v) is 3.84. The molecule has 0 bridgehead atoms. The average molecular weight is 308 g/mol. The minimum absolute atomic E-state index is 0.0270. The van der Waals surface area contributed by atoms with Crippen LogP contribution >= 0.6 is 11.6 Å². The summed E-state index contributed by atoms with van der Waals surface area (Å²) in [4.78, 5) is -0.276. The van der Waals surface area contributed by atoms with Gasteiger partial charge in [0.15, 0.2) is 0 Å². The topological polar surface area (TPSA) is 66.4 Å². The molecule has 0 heterocycles. The second kappa shape index (κ2) is 5.75. The smallest absolute Gasteiger partial charge is 0.242 e. The van der Waals surface area contributed by atoms with Crippen molar-refractivity contribution in [1.82, 2.24) is 4.72 Å². The number of halogens is 2. The van der Waals surface area contributed by atoms with Gasteiger partial charge in [0.25, 0.3) is 0 Å². The summed E-state index contributed by atoms with van der Waals surface area (Å²) >= 11 is 5.77. The lowest BCUT2D eigenvalue weighted by molar-refractivity contribution is 0.134. The maximum atomic E-state index is 13.1. The Bertz CT molecular complexity index is 564. The molecular formula is C12H15ClFNO3S. The Balaban J connectivity index is 2.12. The van der Waals surface area contributed by atoms with Crippen molar-refractivity contribution in [2.45, 2.75) is 30.3 Å². The molecule has 0 saturated heterocycles. The molecule has 2 rings (SSSR count). The van der Waals surface area contributed by atoms with Crippen LogP contribution in [0, 0.1) is 11.7 Å². The summed E-state index contributed by atoms with van der Waals surface area (Å²) in [5.41, 5.74) is 0. The van der Waals surface area contributed by atoms with Gasteiger partial charge in [-0.25, -0.2) is 17.5 Å². The van der Waals surface area contributed by atoms with E-state index in [1.165, 1.54) is 6.07 Å². The molecule has 0 radical (unpaired) electrons. The largest absolute Gasteiger partial charge is 0.393 e. The van der Waals surface area contributed by atoms with Crippen molar-refractivity contribution in [2.75, 3.05) is 6.54 Å². The number of benzene rings is 1. The summed E-state index contributed by atoms with van der Waals surface area (Å²) < 4.78 is 39.5. The molecule has 2 atom stereocenters. The van der Waals surface area contributed by atoms with Crippen molar-refractivity contribution in [3.05, 3.63) is 29.0 Å². The lowest BCUT2D eigenvalue weighted by Gasteiger charge is -2.15. The van der Waals surface area contributed by atoms with Crippen LogP contribution in [-0.2, 0) is 10.0 Å². The minimum atomic E-state index is -3.86. The number of rotatable bonds is 4. The van der Waals surface area contributed by atoms with Crippen molar-refractivity contribution in [3.8, 4) is 0 Å². The average Bonchev–Trinajstić information content (AvgIpc) is 2.75. The zero-order valence-electron chi connectivity index (χ0n) is 10.1. The Hall–Kier alpha value is -0.690. The van der Waals surface area contributed by atoms with Crippen LogP contribution in [0.3, 0.4) is 0 Å². The molecule has 1 fully saturated rings. The molecule has 0 aliphatic heterocycles. The van der Waals surface area contributed by atoms with Gasteiger partial charge in [-0.15, -0.1) is 0 Å². The Kier molecular flexibility index (Phi) is 4.45. The third-order valence-corrected chi connectivity index (χ3v) is 5.24. The standard InChI is InChI=1S/C12H15ClFNO3S/c13-10-5-4-9(14)6-12(10)19(17,18)15-7-8-2-1-3-11(8)16/h4-6,8,11,15-16H,1-3,7H2. The highest BCUT2D eigenvalue weighted by Gasteiger charge is 2.27. The summed E-state index contributed by atoms with van der Waals surface area (Å²) in [5, 5.41) is 9.61. The molecule has 0 spiro atoms. The van der Waals surface area contributed by atoms with E-state index in [1.807, 2.05) is 0 Å². The molecule has 1 aliphatic carbocycles. The highest BCUT2D eigenvalue weighted by molar-refractivity contribution is 7.89. The third kappa shape index (κ3) is 3.45. The second-order valence-corrected chi connectivity index (χ2v) is 6.83. The molecule has 1 aliphatic rings. The summed E-state index contributed by atoms with van der Waals surface area (Å²) in [6.45, 7) is 0.135. The van der Waals surface area contributed by atoms with Gasteiger partial charge in [-0.05, 0) is 37.0 Å². The van der Waals surface area contributed by atoms with Crippen LogP contribution in [0.1, 0.15) is 19.3 Å². The number of aliphatic hydroxyl groups excluding tert-OH is 1. The zero-order valence-corrected chi connectivity index (χ0v) is 11.7. The Morgan fingerprint density at radius 2 is 2.16 bits per heavy atom. The van der Waals surface area contributed by atoms with Crippen molar-refractivity contribution in [3.63, 3.8) is 0 Å². The molecule has 2 unspecified atom stereocenters. The maximum absolute atomic E-state index is 13.1. The monoisotopic (exact) mass is 307 g/mol. The Morgan fingerprint density at radius 1 is 1.42 bits per heavy atom. The summed E-state index contributed by atoms with van der Waals surface area (Å²) in [6, 6.07) is 3.19. The van der Waals surface area contributed by atoms with Crippen LogP contribution in [0.15, 0.2) is 23.1 Å². The van der Waals surface area contributed by atoms with E-state index in [0.717, 1.165) is 25.0 Å². The molecule has 0 amide bonds. The number of hydrogen-bond donors (Lipinski definition) is 2. The van der Waals surface area contributed by atoms with E-state index in [-0.39, 0.29) is 22.4 Å². The minimum Gasteiger partial charge on any atom is -0.393 e. The first-order valence-electron chi connectivity index (χ1n) is 6.03. The van der Waals surface area contributed by atoms with Gasteiger partial charge in [-0.1, -0.05) is 18.0 Å². The Labute approximate surface area is 116 Å². The maximum Gasteiger partial charge on any atom is 0.242 e. The molecule has 19 heavy (non-hydrogen) atoms. The normalized spacial score (nSPS) is 23.7. The molecule has 2 N–H and O–H groups in total. The highest BCUT2D eigenvalue weighted by atomic mass is 35.5. The van der Waals surface area contributed by atoms with E-state index in [0.29, 0.717) is 6.42 Å². The molecule has 4 nitrogen and oxygen atoms in total. The van der Waals surface area contributed by atoms with Gasteiger partial charge >= 0.3 is 0 Å². The predicted molar refractivity (Wildman–Crippen MR) is 69.9 cm³/mol. The lowest BCUT2D eigenvalue weighted by atomic mass is 10.1. The predicted octanol–water partition coefficient (Wildman–Crippen LogP) is 1.92. The summed E-state index contributed by atoms with van der Waals surface area (Å²) in [5.74, 6) is -0.757. The fraction of sp³-hybridized carbons (Fsp3) is 0.500. The first kappa shape index (κ1) is 14.7. The van der Waals surface area contributed by atoms with Gasteiger partial charge < -0.3 is 5.11 Å². The second-order valence-electron chi connectivity index (χ2n) is 4.68. The third-order valence-electron chi connectivity index (χ3n) is 3.34. The molecule has 7 heteroatoms. The Morgan fingerprint density at radius 3 is 2.79 bits per heavy atom. The number of hydrogen-bond acceptors (Lipinski definition) is 3. The van der Waals surface area contributed by atoms with Crippen LogP contribution in [0.25, 0.3) is 0 Å². The summed E-state index contributed by atoms with van der Waals surface area (Å²) in [6.07, 6.45) is 1.87. The van der Waals surface area contributed by atoms with E-state index in [9.17, 15) is 17.9 Å². The van der Waals surface area contributed by atoms with Crippen LogP contribution in [0.5, 0.6) is 0 Å². The quantitative estimate of drug-likeness (QED) is 0.893. The zero-order chi connectivity index (χ0) is 14.0. The van der Waals surface area contributed by atoms with E-state index < -0.39 is 21.9 Å². The van der Waals surface area contributed by atoms with E-state index in [4.69, 9.17) is 11.6 Å². The van der Waals surface area contributed by atoms with Gasteiger partial charge in [-0.2, -0.15) is 0 Å². The number of sulfonamides is 1. The van der Waals surface area contributed by atoms with Crippen molar-refractivity contribution in [2.24, 2.45) is 5.92 Å². The van der Waals surface area contributed by atoms with Gasteiger partial charge in [0.05, 0.1) is 11.1 Å². The molecule has 1 aromatic rings. The SMILES string of the molecule is O=S(=O)(NCC1CCCC1O)c1cc(F)ccc1Cl. The lowest BCUT2D eigenvalue weighted by Crippen LogP contribution is -2.32. The van der Waals surface area contributed by atoms with Gasteiger partial charge in [0.1, 0.15) is 10.7 Å².